The number of nitrogens with one attached hydrogen (secondary N) is 2. The zero-order valence-corrected chi connectivity index (χ0v) is 21.3. The normalized spacial score (nSPS) is 11.9. The van der Waals surface area contributed by atoms with Gasteiger partial charge in [0, 0.05) is 47.8 Å². The molecule has 0 aliphatic heterocycles. The lowest BCUT2D eigenvalue weighted by molar-refractivity contribution is 0.182. The van der Waals surface area contributed by atoms with Crippen molar-refractivity contribution >= 4 is 50.9 Å². The largest absolute Gasteiger partial charge is 0.367 e. The zero-order valence-electron chi connectivity index (χ0n) is 20.4. The van der Waals surface area contributed by atoms with Gasteiger partial charge in [0.1, 0.15) is 6.33 Å². The van der Waals surface area contributed by atoms with Crippen LogP contribution < -0.4 is 10.6 Å². The third kappa shape index (κ3) is 4.96. The molecule has 5 rings (SSSR count). The molecule has 1 aromatic carbocycles. The Morgan fingerprint density at radius 3 is 2.66 bits per heavy atom. The lowest BCUT2D eigenvalue weighted by atomic mass is 10.2. The Hall–Kier alpha value is -3.56. The topological polar surface area (TPSA) is 83.8 Å². The van der Waals surface area contributed by atoms with Gasteiger partial charge in [-0.25, -0.2) is 4.98 Å². The maximum atomic E-state index is 4.84. The standard InChI is InChI=1S/C26H30N8S/c1-17(2)33(18(3)4)12-11-28-24-23-25(34(16-29-23)21-9-13-35-15-21)32-26(31-24)30-20-7-8-22-19(14-20)6-5-10-27-22/h5-10,13-18H,11-12H2,1-4H3,(H2,28,30,31,32). The van der Waals surface area contributed by atoms with Crippen molar-refractivity contribution in [2.45, 2.75) is 39.8 Å². The van der Waals surface area contributed by atoms with E-state index in [1.54, 1.807) is 17.5 Å². The van der Waals surface area contributed by atoms with Crippen LogP contribution in [0.4, 0.5) is 17.5 Å². The van der Waals surface area contributed by atoms with E-state index in [2.05, 4.69) is 76.1 Å². The van der Waals surface area contributed by atoms with Gasteiger partial charge < -0.3 is 10.6 Å². The molecule has 0 saturated heterocycles. The maximum Gasteiger partial charge on any atom is 0.231 e. The van der Waals surface area contributed by atoms with Crippen LogP contribution in [0.5, 0.6) is 0 Å². The molecule has 35 heavy (non-hydrogen) atoms. The molecule has 0 saturated carbocycles. The number of hydrogen-bond acceptors (Lipinski definition) is 8. The van der Waals surface area contributed by atoms with Crippen molar-refractivity contribution in [2.24, 2.45) is 0 Å². The first-order valence-corrected chi connectivity index (χ1v) is 12.8. The summed E-state index contributed by atoms with van der Waals surface area (Å²) in [6.45, 7) is 10.6. The minimum absolute atomic E-state index is 0.472. The van der Waals surface area contributed by atoms with Crippen molar-refractivity contribution in [3.8, 4) is 5.69 Å². The summed E-state index contributed by atoms with van der Waals surface area (Å²) >= 11 is 1.65. The summed E-state index contributed by atoms with van der Waals surface area (Å²) in [6.07, 6.45) is 3.61. The molecule has 2 N–H and O–H groups in total. The molecule has 0 radical (unpaired) electrons. The molecule has 0 aliphatic carbocycles. The van der Waals surface area contributed by atoms with Crippen LogP contribution in [-0.2, 0) is 0 Å². The van der Waals surface area contributed by atoms with E-state index in [1.807, 2.05) is 35.2 Å². The van der Waals surface area contributed by atoms with Crippen molar-refractivity contribution in [1.82, 2.24) is 29.4 Å². The van der Waals surface area contributed by atoms with E-state index in [9.17, 15) is 0 Å². The highest BCUT2D eigenvalue weighted by Gasteiger charge is 2.17. The molecule has 180 valence electrons. The van der Waals surface area contributed by atoms with Gasteiger partial charge in [0.2, 0.25) is 5.95 Å². The lowest BCUT2D eigenvalue weighted by Crippen LogP contribution is -2.40. The molecule has 9 heteroatoms. The quantitative estimate of drug-likeness (QED) is 0.276. The highest BCUT2D eigenvalue weighted by Crippen LogP contribution is 2.26. The monoisotopic (exact) mass is 486 g/mol. The van der Waals surface area contributed by atoms with Crippen molar-refractivity contribution in [2.75, 3.05) is 23.7 Å². The molecule has 5 aromatic rings. The number of anilines is 3. The highest BCUT2D eigenvalue weighted by atomic mass is 32.1. The smallest absolute Gasteiger partial charge is 0.231 e. The molecular weight excluding hydrogens is 456 g/mol. The summed E-state index contributed by atoms with van der Waals surface area (Å²) in [5.74, 6) is 1.24. The van der Waals surface area contributed by atoms with E-state index in [0.29, 0.717) is 18.0 Å². The Morgan fingerprint density at radius 1 is 1.03 bits per heavy atom. The van der Waals surface area contributed by atoms with Gasteiger partial charge in [-0.2, -0.15) is 21.3 Å². The minimum atomic E-state index is 0.472. The lowest BCUT2D eigenvalue weighted by Gasteiger charge is -2.30. The van der Waals surface area contributed by atoms with Crippen molar-refractivity contribution < 1.29 is 0 Å². The molecular formula is C26H30N8S. The summed E-state index contributed by atoms with van der Waals surface area (Å²) < 4.78 is 2.00. The Kier molecular flexibility index (Phi) is 6.61. The van der Waals surface area contributed by atoms with Crippen LogP contribution in [0, 0.1) is 0 Å². The van der Waals surface area contributed by atoms with Gasteiger partial charge >= 0.3 is 0 Å². The van der Waals surface area contributed by atoms with E-state index in [4.69, 9.17) is 9.97 Å². The number of fused-ring (bicyclic) bond motifs is 2. The second-order valence-electron chi connectivity index (χ2n) is 9.05. The molecule has 0 unspecified atom stereocenters. The summed E-state index contributed by atoms with van der Waals surface area (Å²) in [4.78, 5) is 21.2. The van der Waals surface area contributed by atoms with Crippen LogP contribution in [0.3, 0.4) is 0 Å². The van der Waals surface area contributed by atoms with Crippen LogP contribution in [0.1, 0.15) is 27.7 Å². The first-order chi connectivity index (χ1) is 17.0. The van der Waals surface area contributed by atoms with E-state index < -0.39 is 0 Å². The molecule has 0 bridgehead atoms. The predicted molar refractivity (Wildman–Crippen MR) is 145 cm³/mol. The van der Waals surface area contributed by atoms with Crippen LogP contribution >= 0.6 is 11.3 Å². The number of rotatable bonds is 9. The fraction of sp³-hybridized carbons (Fsp3) is 0.308. The number of nitrogens with zero attached hydrogens (tertiary/aromatic N) is 6. The third-order valence-corrected chi connectivity index (χ3v) is 6.70. The number of benzene rings is 1. The molecule has 0 spiro atoms. The maximum absolute atomic E-state index is 4.84. The van der Waals surface area contributed by atoms with Gasteiger partial charge in [0.25, 0.3) is 0 Å². The first-order valence-electron chi connectivity index (χ1n) is 11.9. The third-order valence-electron chi connectivity index (χ3n) is 6.03. The fourth-order valence-electron chi connectivity index (χ4n) is 4.36. The fourth-order valence-corrected chi connectivity index (χ4v) is 4.99. The number of pyridine rings is 1. The molecule has 0 atom stereocenters. The highest BCUT2D eigenvalue weighted by molar-refractivity contribution is 7.08. The molecule has 0 amide bonds. The summed E-state index contributed by atoms with van der Waals surface area (Å²) in [7, 11) is 0. The van der Waals surface area contributed by atoms with Gasteiger partial charge in [0.05, 0.1) is 11.2 Å². The Balaban J connectivity index is 1.48. The molecule has 8 nitrogen and oxygen atoms in total. The van der Waals surface area contributed by atoms with Crippen molar-refractivity contribution in [1.29, 1.82) is 0 Å². The van der Waals surface area contributed by atoms with Crippen molar-refractivity contribution in [3.63, 3.8) is 0 Å². The van der Waals surface area contributed by atoms with Crippen molar-refractivity contribution in [3.05, 3.63) is 59.7 Å². The van der Waals surface area contributed by atoms with Crippen LogP contribution in [0.25, 0.3) is 27.8 Å². The summed E-state index contributed by atoms with van der Waals surface area (Å²) in [6, 6.07) is 13.0. The average molecular weight is 487 g/mol. The zero-order chi connectivity index (χ0) is 24.4. The number of hydrogen-bond donors (Lipinski definition) is 2. The Bertz CT molecular complexity index is 1420. The molecule has 0 fully saturated rings. The minimum Gasteiger partial charge on any atom is -0.367 e. The van der Waals surface area contributed by atoms with E-state index in [0.717, 1.165) is 52.3 Å². The number of aromatic nitrogens is 5. The molecule has 0 aliphatic rings. The number of imidazole rings is 1. The Labute approximate surface area is 209 Å². The summed E-state index contributed by atoms with van der Waals surface area (Å²) in [5.41, 5.74) is 4.41. The second kappa shape index (κ2) is 9.97. The van der Waals surface area contributed by atoms with Crippen LogP contribution in [0.15, 0.2) is 59.7 Å². The van der Waals surface area contributed by atoms with Gasteiger partial charge in [0.15, 0.2) is 17.0 Å². The molecule has 4 heterocycles. The average Bonchev–Trinajstić information content (AvgIpc) is 3.51. The Morgan fingerprint density at radius 2 is 1.89 bits per heavy atom. The van der Waals surface area contributed by atoms with E-state index >= 15 is 0 Å². The first kappa shape index (κ1) is 23.2. The van der Waals surface area contributed by atoms with Gasteiger partial charge in [-0.15, -0.1) is 0 Å². The molecule has 4 aromatic heterocycles. The van der Waals surface area contributed by atoms with Gasteiger partial charge in [-0.1, -0.05) is 6.07 Å². The second-order valence-corrected chi connectivity index (χ2v) is 9.83. The predicted octanol–water partition coefficient (Wildman–Crippen LogP) is 5.70. The van der Waals surface area contributed by atoms with Crippen LogP contribution in [0.2, 0.25) is 0 Å². The number of thiophene rings is 1. The SMILES string of the molecule is CC(C)N(CCNc1nc(Nc2ccc3ncccc3c2)nc2c1ncn2-c1ccsc1)C(C)C. The van der Waals surface area contributed by atoms with Gasteiger partial charge in [-0.3, -0.25) is 14.5 Å². The van der Waals surface area contributed by atoms with E-state index in [-0.39, 0.29) is 0 Å². The summed E-state index contributed by atoms with van der Waals surface area (Å²) in [5, 5.41) is 12.1. The van der Waals surface area contributed by atoms with Gasteiger partial charge in [-0.05, 0) is 63.4 Å². The van der Waals surface area contributed by atoms with E-state index in [1.165, 1.54) is 0 Å². The van der Waals surface area contributed by atoms with Crippen LogP contribution in [-0.4, -0.2) is 54.6 Å².